The van der Waals surface area contributed by atoms with Crippen LogP contribution in [-0.2, 0) is 14.3 Å². The minimum absolute atomic E-state index is 0.0677. The Balaban J connectivity index is 1.55. The summed E-state index contributed by atoms with van der Waals surface area (Å²) in [6, 6.07) is 20.0. The van der Waals surface area contributed by atoms with Gasteiger partial charge in [0.25, 0.3) is 17.7 Å². The van der Waals surface area contributed by atoms with E-state index in [9.17, 15) is 19.2 Å². The number of halogens is 1. The molecule has 37 heavy (non-hydrogen) atoms. The molecule has 4 rings (SSSR count). The van der Waals surface area contributed by atoms with Crippen molar-refractivity contribution in [3.63, 3.8) is 0 Å². The fourth-order valence-corrected chi connectivity index (χ4v) is 3.88. The first kappa shape index (κ1) is 25.7. The van der Waals surface area contributed by atoms with Gasteiger partial charge in [0.15, 0.2) is 0 Å². The number of anilines is 3. The topological polar surface area (TPSA) is 105 Å². The Labute approximate surface area is 218 Å². The summed E-state index contributed by atoms with van der Waals surface area (Å²) in [5.74, 6) is -2.51. The Morgan fingerprint density at radius 2 is 1.65 bits per heavy atom. The van der Waals surface area contributed by atoms with Gasteiger partial charge in [0.2, 0.25) is 0 Å². The van der Waals surface area contributed by atoms with Crippen LogP contribution in [0.5, 0.6) is 0 Å². The van der Waals surface area contributed by atoms with Gasteiger partial charge in [0, 0.05) is 16.9 Å². The summed E-state index contributed by atoms with van der Waals surface area (Å²) in [6.45, 7) is 4.01. The van der Waals surface area contributed by atoms with E-state index >= 15 is 0 Å². The average molecular weight is 518 g/mol. The minimum Gasteiger partial charge on any atom is -0.462 e. The van der Waals surface area contributed by atoms with E-state index in [1.54, 1.807) is 42.5 Å². The molecule has 0 atom stereocenters. The van der Waals surface area contributed by atoms with Crippen LogP contribution in [0.2, 0.25) is 0 Å². The molecule has 8 nitrogen and oxygen atoms in total. The maximum Gasteiger partial charge on any atom is 0.340 e. The highest BCUT2D eigenvalue weighted by molar-refractivity contribution is 6.53. The van der Waals surface area contributed by atoms with Crippen LogP contribution in [0.1, 0.15) is 39.6 Å². The molecule has 0 bridgehead atoms. The Morgan fingerprint density at radius 1 is 0.919 bits per heavy atom. The SMILES string of the molecule is CCCOC(=O)c1ccccc1N1C(=O)C(Cl)=C(Nc2cccc(C(=O)Nc3ccc(C)cc3)c2)C1=O. The Morgan fingerprint density at radius 3 is 2.38 bits per heavy atom. The Bertz CT molecular complexity index is 1420. The molecule has 3 amide bonds. The van der Waals surface area contributed by atoms with Crippen LogP contribution < -0.4 is 15.5 Å². The van der Waals surface area contributed by atoms with Crippen molar-refractivity contribution < 1.29 is 23.9 Å². The number of para-hydroxylation sites is 1. The van der Waals surface area contributed by atoms with E-state index in [1.807, 2.05) is 26.0 Å². The number of benzene rings is 3. The third-order valence-corrected chi connectivity index (χ3v) is 5.88. The van der Waals surface area contributed by atoms with E-state index < -0.39 is 17.8 Å². The molecule has 3 aromatic rings. The standard InChI is InChI=1S/C28H24ClN3O5/c1-3-15-37-28(36)21-9-4-5-10-22(21)32-26(34)23(29)24(27(32)35)30-20-8-6-7-18(16-20)25(33)31-19-13-11-17(2)12-14-19/h4-14,16,30H,3,15H2,1-2H3,(H,31,33). The van der Waals surface area contributed by atoms with Gasteiger partial charge >= 0.3 is 5.97 Å². The summed E-state index contributed by atoms with van der Waals surface area (Å²) in [7, 11) is 0. The van der Waals surface area contributed by atoms with Crippen LogP contribution in [0.25, 0.3) is 0 Å². The Hall–Kier alpha value is -4.43. The number of esters is 1. The van der Waals surface area contributed by atoms with E-state index in [0.29, 0.717) is 23.4 Å². The van der Waals surface area contributed by atoms with Crippen molar-refractivity contribution >= 4 is 52.4 Å². The Kier molecular flexibility index (Phi) is 7.69. The van der Waals surface area contributed by atoms with Crippen molar-refractivity contribution in [2.24, 2.45) is 0 Å². The fraction of sp³-hybridized carbons (Fsp3) is 0.143. The van der Waals surface area contributed by atoms with Gasteiger partial charge < -0.3 is 15.4 Å². The van der Waals surface area contributed by atoms with Crippen LogP contribution in [0.15, 0.2) is 83.5 Å². The summed E-state index contributed by atoms with van der Waals surface area (Å²) >= 11 is 6.27. The average Bonchev–Trinajstić information content (AvgIpc) is 3.11. The zero-order valence-corrected chi connectivity index (χ0v) is 21.0. The number of imide groups is 1. The number of ether oxygens (including phenoxy) is 1. The van der Waals surface area contributed by atoms with Crippen molar-refractivity contribution in [3.05, 3.63) is 100 Å². The van der Waals surface area contributed by atoms with Crippen LogP contribution in [0.4, 0.5) is 17.1 Å². The van der Waals surface area contributed by atoms with E-state index in [1.165, 1.54) is 18.2 Å². The highest BCUT2D eigenvalue weighted by atomic mass is 35.5. The number of nitrogens with one attached hydrogen (secondary N) is 2. The monoisotopic (exact) mass is 517 g/mol. The molecule has 0 unspecified atom stereocenters. The van der Waals surface area contributed by atoms with Gasteiger partial charge in [-0.3, -0.25) is 14.4 Å². The van der Waals surface area contributed by atoms with Gasteiger partial charge in [-0.2, -0.15) is 0 Å². The molecule has 2 N–H and O–H groups in total. The number of aryl methyl sites for hydroxylation is 1. The van der Waals surface area contributed by atoms with Crippen molar-refractivity contribution in [2.75, 3.05) is 22.1 Å². The molecule has 0 saturated carbocycles. The second-order valence-corrected chi connectivity index (χ2v) is 8.69. The highest BCUT2D eigenvalue weighted by Gasteiger charge is 2.40. The van der Waals surface area contributed by atoms with Gasteiger partial charge in [-0.25, -0.2) is 9.69 Å². The van der Waals surface area contributed by atoms with Crippen LogP contribution in [0, 0.1) is 6.92 Å². The lowest BCUT2D eigenvalue weighted by atomic mass is 10.1. The molecule has 188 valence electrons. The summed E-state index contributed by atoms with van der Waals surface area (Å²) in [4.78, 5) is 52.3. The zero-order chi connectivity index (χ0) is 26.5. The summed E-state index contributed by atoms with van der Waals surface area (Å²) in [5, 5.41) is 5.34. The van der Waals surface area contributed by atoms with Crippen LogP contribution in [-0.4, -0.2) is 30.3 Å². The van der Waals surface area contributed by atoms with Gasteiger partial charge in [-0.05, 0) is 55.8 Å². The van der Waals surface area contributed by atoms with Crippen molar-refractivity contribution in [3.8, 4) is 0 Å². The molecule has 0 fully saturated rings. The second kappa shape index (κ2) is 11.1. The first-order valence-electron chi connectivity index (χ1n) is 11.6. The lowest BCUT2D eigenvalue weighted by molar-refractivity contribution is -0.120. The smallest absolute Gasteiger partial charge is 0.340 e. The highest BCUT2D eigenvalue weighted by Crippen LogP contribution is 2.32. The second-order valence-electron chi connectivity index (χ2n) is 8.31. The molecule has 0 aromatic heterocycles. The largest absolute Gasteiger partial charge is 0.462 e. The quantitative estimate of drug-likeness (QED) is 0.312. The molecule has 3 aromatic carbocycles. The normalized spacial score (nSPS) is 13.1. The molecule has 9 heteroatoms. The molecule has 0 spiro atoms. The number of hydrogen-bond donors (Lipinski definition) is 2. The third kappa shape index (κ3) is 5.54. The van der Waals surface area contributed by atoms with E-state index in [-0.39, 0.29) is 34.5 Å². The molecule has 1 aliphatic heterocycles. The third-order valence-electron chi connectivity index (χ3n) is 5.53. The predicted molar refractivity (Wildman–Crippen MR) is 142 cm³/mol. The molecule has 0 radical (unpaired) electrons. The predicted octanol–water partition coefficient (Wildman–Crippen LogP) is 5.25. The zero-order valence-electron chi connectivity index (χ0n) is 20.2. The van der Waals surface area contributed by atoms with Gasteiger partial charge in [-0.1, -0.05) is 54.4 Å². The van der Waals surface area contributed by atoms with Crippen molar-refractivity contribution in [2.45, 2.75) is 20.3 Å². The molecule has 1 heterocycles. The summed E-state index contributed by atoms with van der Waals surface area (Å²) in [6.07, 6.45) is 0.624. The lowest BCUT2D eigenvalue weighted by Gasteiger charge is -2.18. The minimum atomic E-state index is -0.779. The number of carbonyl (C=O) groups is 4. The van der Waals surface area contributed by atoms with Crippen molar-refractivity contribution in [1.29, 1.82) is 0 Å². The molecule has 1 aliphatic rings. The summed E-state index contributed by atoms with van der Waals surface area (Å²) in [5.41, 5.74) is 2.39. The van der Waals surface area contributed by atoms with Crippen molar-refractivity contribution in [1.82, 2.24) is 0 Å². The lowest BCUT2D eigenvalue weighted by Crippen LogP contribution is -2.33. The van der Waals surface area contributed by atoms with Crippen LogP contribution in [0.3, 0.4) is 0 Å². The molecule has 0 aliphatic carbocycles. The fourth-order valence-electron chi connectivity index (χ4n) is 3.67. The van der Waals surface area contributed by atoms with Gasteiger partial charge in [-0.15, -0.1) is 0 Å². The number of carbonyl (C=O) groups excluding carboxylic acids is 4. The van der Waals surface area contributed by atoms with Gasteiger partial charge in [0.1, 0.15) is 10.7 Å². The molecular formula is C28H24ClN3O5. The first-order valence-corrected chi connectivity index (χ1v) is 12.0. The van der Waals surface area contributed by atoms with Crippen LogP contribution >= 0.6 is 11.6 Å². The molecular weight excluding hydrogens is 494 g/mol. The number of nitrogens with zero attached hydrogens (tertiary/aromatic N) is 1. The first-order chi connectivity index (χ1) is 17.8. The maximum absolute atomic E-state index is 13.3. The van der Waals surface area contributed by atoms with Gasteiger partial charge in [0.05, 0.1) is 17.9 Å². The number of hydrogen-bond acceptors (Lipinski definition) is 6. The maximum atomic E-state index is 13.3. The summed E-state index contributed by atoms with van der Waals surface area (Å²) < 4.78 is 5.19. The molecule has 0 saturated heterocycles. The van der Waals surface area contributed by atoms with E-state index in [2.05, 4.69) is 10.6 Å². The van der Waals surface area contributed by atoms with E-state index in [4.69, 9.17) is 16.3 Å². The number of rotatable bonds is 8. The van der Waals surface area contributed by atoms with E-state index in [0.717, 1.165) is 10.5 Å². The number of amides is 3.